The van der Waals surface area contributed by atoms with E-state index >= 15 is 0 Å². The van der Waals surface area contributed by atoms with E-state index in [1.165, 1.54) is 18.3 Å². The molecule has 6 nitrogen and oxygen atoms in total. The van der Waals surface area contributed by atoms with Gasteiger partial charge in [0.25, 0.3) is 5.91 Å². The third-order valence-electron chi connectivity index (χ3n) is 3.86. The molecule has 0 fully saturated rings. The van der Waals surface area contributed by atoms with Crippen molar-refractivity contribution in [2.75, 3.05) is 11.9 Å². The molecule has 0 saturated heterocycles. The average molecular weight is 396 g/mol. The molecule has 28 heavy (non-hydrogen) atoms. The maximum Gasteiger partial charge on any atom is 0.342 e. The Labute approximate surface area is 167 Å². The van der Waals surface area contributed by atoms with E-state index in [1.807, 2.05) is 42.6 Å². The molecular formula is C21H20N2O4S. The Bertz CT molecular complexity index is 956. The van der Waals surface area contributed by atoms with Crippen LogP contribution < -0.4 is 10.1 Å². The molecule has 0 aliphatic rings. The van der Waals surface area contributed by atoms with Gasteiger partial charge in [0.1, 0.15) is 11.3 Å². The molecule has 1 heterocycles. The first-order valence-electron chi connectivity index (χ1n) is 8.83. The van der Waals surface area contributed by atoms with E-state index in [4.69, 9.17) is 9.47 Å². The molecule has 1 aromatic heterocycles. The molecule has 0 aliphatic heterocycles. The summed E-state index contributed by atoms with van der Waals surface area (Å²) in [6, 6.07) is 16.4. The van der Waals surface area contributed by atoms with E-state index in [9.17, 15) is 9.59 Å². The Kier molecular flexibility index (Phi) is 6.39. The first-order chi connectivity index (χ1) is 13.6. The molecule has 0 radical (unpaired) electrons. The number of nitrogens with zero attached hydrogens (tertiary/aromatic N) is 1. The zero-order valence-corrected chi connectivity index (χ0v) is 16.4. The summed E-state index contributed by atoms with van der Waals surface area (Å²) in [5, 5.41) is 5.00. The zero-order chi connectivity index (χ0) is 19.9. The first-order valence-corrected chi connectivity index (χ1v) is 9.71. The fourth-order valence-electron chi connectivity index (χ4n) is 2.47. The third-order valence-corrected chi connectivity index (χ3v) is 4.62. The van der Waals surface area contributed by atoms with Crippen LogP contribution in [0.4, 0.5) is 5.13 Å². The molecular weight excluding hydrogens is 376 g/mol. The summed E-state index contributed by atoms with van der Waals surface area (Å²) in [6.07, 6.45) is -0.980. The molecule has 1 atom stereocenters. The van der Waals surface area contributed by atoms with E-state index in [1.54, 1.807) is 24.3 Å². The third kappa shape index (κ3) is 4.75. The number of carbonyl (C=O) groups excluding carboxylic acids is 2. The van der Waals surface area contributed by atoms with Gasteiger partial charge in [-0.3, -0.25) is 10.1 Å². The number of rotatable bonds is 7. The van der Waals surface area contributed by atoms with Gasteiger partial charge in [0.15, 0.2) is 11.2 Å². The molecule has 2 aromatic carbocycles. The predicted octanol–water partition coefficient (Wildman–Crippen LogP) is 4.39. The molecule has 0 aliphatic carbocycles. The number of hydrogen-bond acceptors (Lipinski definition) is 6. The Morgan fingerprint density at radius 2 is 1.82 bits per heavy atom. The van der Waals surface area contributed by atoms with E-state index in [2.05, 4.69) is 10.3 Å². The van der Waals surface area contributed by atoms with Crippen LogP contribution in [0.5, 0.6) is 5.75 Å². The van der Waals surface area contributed by atoms with Gasteiger partial charge in [-0.15, -0.1) is 11.3 Å². The first kappa shape index (κ1) is 19.6. The number of para-hydroxylation sites is 1. The monoisotopic (exact) mass is 396 g/mol. The van der Waals surface area contributed by atoms with Crippen molar-refractivity contribution in [1.29, 1.82) is 0 Å². The lowest BCUT2D eigenvalue weighted by atomic mass is 10.2. The van der Waals surface area contributed by atoms with Gasteiger partial charge >= 0.3 is 5.97 Å². The number of amides is 1. The SMILES string of the molecule is CCOc1ccccc1C(=O)O[C@H](C)C(=O)Nc1nc(-c2ccccc2)cs1. The molecule has 7 heteroatoms. The highest BCUT2D eigenvalue weighted by Crippen LogP contribution is 2.25. The van der Waals surface area contributed by atoms with Crippen molar-refractivity contribution in [3.8, 4) is 17.0 Å². The molecule has 0 bridgehead atoms. The predicted molar refractivity (Wildman–Crippen MR) is 109 cm³/mol. The number of aromatic nitrogens is 1. The Morgan fingerprint density at radius 1 is 1.11 bits per heavy atom. The second kappa shape index (κ2) is 9.14. The van der Waals surface area contributed by atoms with Crippen LogP contribution >= 0.6 is 11.3 Å². The fraction of sp³-hybridized carbons (Fsp3) is 0.190. The molecule has 3 aromatic rings. The Morgan fingerprint density at radius 3 is 2.57 bits per heavy atom. The van der Waals surface area contributed by atoms with Gasteiger partial charge in [0.2, 0.25) is 0 Å². The summed E-state index contributed by atoms with van der Waals surface area (Å²) in [5.41, 5.74) is 2.02. The smallest absolute Gasteiger partial charge is 0.342 e. The molecule has 144 valence electrons. The van der Waals surface area contributed by atoms with Crippen LogP contribution in [0, 0.1) is 0 Å². The Hall–Kier alpha value is -3.19. The molecule has 1 amide bonds. The van der Waals surface area contributed by atoms with Gasteiger partial charge in [-0.25, -0.2) is 9.78 Å². The lowest BCUT2D eigenvalue weighted by Gasteiger charge is -2.14. The van der Waals surface area contributed by atoms with Crippen molar-refractivity contribution in [1.82, 2.24) is 4.98 Å². The summed E-state index contributed by atoms with van der Waals surface area (Å²) < 4.78 is 10.7. The van der Waals surface area contributed by atoms with Gasteiger partial charge < -0.3 is 9.47 Å². The van der Waals surface area contributed by atoms with E-state index in [-0.39, 0.29) is 5.56 Å². The minimum atomic E-state index is -0.980. The lowest BCUT2D eigenvalue weighted by molar-refractivity contribution is -0.123. The van der Waals surface area contributed by atoms with Gasteiger partial charge in [-0.05, 0) is 26.0 Å². The van der Waals surface area contributed by atoms with Gasteiger partial charge in [-0.1, -0.05) is 42.5 Å². The zero-order valence-electron chi connectivity index (χ0n) is 15.5. The van der Waals surface area contributed by atoms with Crippen LogP contribution in [0.3, 0.4) is 0 Å². The normalized spacial score (nSPS) is 11.5. The van der Waals surface area contributed by atoms with Crippen molar-refractivity contribution in [2.24, 2.45) is 0 Å². The molecule has 0 unspecified atom stereocenters. The lowest BCUT2D eigenvalue weighted by Crippen LogP contribution is -2.30. The largest absolute Gasteiger partial charge is 0.493 e. The van der Waals surface area contributed by atoms with Crippen molar-refractivity contribution in [3.63, 3.8) is 0 Å². The molecule has 0 spiro atoms. The second-order valence-electron chi connectivity index (χ2n) is 5.87. The molecule has 1 N–H and O–H groups in total. The number of hydrogen-bond donors (Lipinski definition) is 1. The maximum atomic E-state index is 12.4. The number of thiazole rings is 1. The fourth-order valence-corrected chi connectivity index (χ4v) is 3.20. The maximum absolute atomic E-state index is 12.4. The number of carbonyl (C=O) groups is 2. The summed E-state index contributed by atoms with van der Waals surface area (Å²) in [4.78, 5) is 29.2. The highest BCUT2D eigenvalue weighted by Gasteiger charge is 2.22. The van der Waals surface area contributed by atoms with Crippen LogP contribution in [0.15, 0.2) is 60.0 Å². The van der Waals surface area contributed by atoms with Crippen LogP contribution in [-0.4, -0.2) is 29.6 Å². The van der Waals surface area contributed by atoms with Crippen molar-refractivity contribution in [2.45, 2.75) is 20.0 Å². The van der Waals surface area contributed by atoms with Gasteiger partial charge in [0.05, 0.1) is 12.3 Å². The van der Waals surface area contributed by atoms with Crippen LogP contribution in [-0.2, 0) is 9.53 Å². The quantitative estimate of drug-likeness (QED) is 0.599. The number of nitrogens with one attached hydrogen (secondary N) is 1. The molecule has 3 rings (SSSR count). The Balaban J connectivity index is 1.62. The van der Waals surface area contributed by atoms with Crippen LogP contribution in [0.2, 0.25) is 0 Å². The van der Waals surface area contributed by atoms with Crippen LogP contribution in [0.25, 0.3) is 11.3 Å². The van der Waals surface area contributed by atoms with Crippen molar-refractivity contribution < 1.29 is 19.1 Å². The highest BCUT2D eigenvalue weighted by molar-refractivity contribution is 7.14. The van der Waals surface area contributed by atoms with E-state index in [0.29, 0.717) is 17.5 Å². The minimum absolute atomic E-state index is 0.282. The molecule has 0 saturated carbocycles. The highest BCUT2D eigenvalue weighted by atomic mass is 32.1. The van der Waals surface area contributed by atoms with Crippen molar-refractivity contribution >= 4 is 28.3 Å². The standard InChI is InChI=1S/C21H20N2O4S/c1-3-26-18-12-8-7-11-16(18)20(25)27-14(2)19(24)23-21-22-17(13-28-21)15-9-5-4-6-10-15/h4-14H,3H2,1-2H3,(H,22,23,24)/t14-/m1/s1. The van der Waals surface area contributed by atoms with Crippen molar-refractivity contribution in [3.05, 3.63) is 65.5 Å². The van der Waals surface area contributed by atoms with E-state index < -0.39 is 18.0 Å². The van der Waals surface area contributed by atoms with Gasteiger partial charge in [0, 0.05) is 10.9 Å². The summed E-state index contributed by atoms with van der Waals surface area (Å²) in [6.45, 7) is 3.77. The number of ether oxygens (including phenoxy) is 2. The number of anilines is 1. The van der Waals surface area contributed by atoms with Crippen LogP contribution in [0.1, 0.15) is 24.2 Å². The summed E-state index contributed by atoms with van der Waals surface area (Å²) in [7, 11) is 0. The minimum Gasteiger partial charge on any atom is -0.493 e. The topological polar surface area (TPSA) is 77.5 Å². The number of benzene rings is 2. The average Bonchev–Trinajstić information content (AvgIpc) is 3.17. The van der Waals surface area contributed by atoms with E-state index in [0.717, 1.165) is 11.3 Å². The van der Waals surface area contributed by atoms with Gasteiger partial charge in [-0.2, -0.15) is 0 Å². The second-order valence-corrected chi connectivity index (χ2v) is 6.73. The summed E-state index contributed by atoms with van der Waals surface area (Å²) >= 11 is 1.31. The summed E-state index contributed by atoms with van der Waals surface area (Å²) in [5.74, 6) is -0.637. The number of esters is 1.